The molecule has 25 heavy (non-hydrogen) atoms. The Morgan fingerprint density at radius 1 is 1.32 bits per heavy atom. The van der Waals surface area contributed by atoms with Gasteiger partial charge in [0.15, 0.2) is 5.82 Å². The summed E-state index contributed by atoms with van der Waals surface area (Å²) in [5, 5.41) is 14.0. The van der Waals surface area contributed by atoms with E-state index in [1.54, 1.807) is 6.07 Å². The Kier molecular flexibility index (Phi) is 4.19. The molecule has 1 saturated carbocycles. The van der Waals surface area contributed by atoms with Gasteiger partial charge in [0, 0.05) is 24.9 Å². The van der Waals surface area contributed by atoms with Gasteiger partial charge in [-0.05, 0) is 49.8 Å². The summed E-state index contributed by atoms with van der Waals surface area (Å²) in [5.41, 5.74) is 1.66. The number of aromatic hydroxyl groups is 1. The highest BCUT2D eigenvalue weighted by Crippen LogP contribution is 2.39. The van der Waals surface area contributed by atoms with Gasteiger partial charge in [0.2, 0.25) is 11.8 Å². The van der Waals surface area contributed by atoms with Crippen LogP contribution in [0.5, 0.6) is 5.75 Å². The first kappa shape index (κ1) is 16.1. The minimum atomic E-state index is 0.0823. The van der Waals surface area contributed by atoms with Crippen LogP contribution < -0.4 is 0 Å². The topological polar surface area (TPSA) is 79.5 Å². The maximum Gasteiger partial charge on any atom is 0.229 e. The molecule has 2 fully saturated rings. The number of aromatic nitrogens is 2. The van der Waals surface area contributed by atoms with Crippen molar-refractivity contribution in [3.05, 3.63) is 41.0 Å². The van der Waals surface area contributed by atoms with Crippen molar-refractivity contribution < 1.29 is 14.4 Å². The smallest absolute Gasteiger partial charge is 0.229 e. The third-order valence-corrected chi connectivity index (χ3v) is 5.15. The molecule has 6 nitrogen and oxygen atoms in total. The molecule has 2 aliphatic rings. The van der Waals surface area contributed by atoms with Gasteiger partial charge in [0.05, 0.1) is 6.42 Å². The molecule has 1 N–H and O–H groups in total. The average molecular weight is 341 g/mol. The molecule has 1 aromatic carbocycles. The Bertz CT molecular complexity index is 782. The lowest BCUT2D eigenvalue weighted by Crippen LogP contribution is -2.40. The summed E-state index contributed by atoms with van der Waals surface area (Å²) in [6, 6.07) is 5.42. The molecule has 2 aromatic rings. The van der Waals surface area contributed by atoms with E-state index in [4.69, 9.17) is 4.52 Å². The number of carbonyl (C=O) groups is 1. The number of nitrogens with zero attached hydrogens (tertiary/aromatic N) is 3. The van der Waals surface area contributed by atoms with E-state index in [0.29, 0.717) is 18.9 Å². The summed E-state index contributed by atoms with van der Waals surface area (Å²) in [5.74, 6) is 2.43. The summed E-state index contributed by atoms with van der Waals surface area (Å²) in [4.78, 5) is 19.1. The van der Waals surface area contributed by atoms with Crippen molar-refractivity contribution in [3.8, 4) is 5.75 Å². The zero-order valence-electron chi connectivity index (χ0n) is 14.4. The largest absolute Gasteiger partial charge is 0.508 e. The Morgan fingerprint density at radius 3 is 2.92 bits per heavy atom. The third kappa shape index (κ3) is 3.52. The molecular weight excluding hydrogens is 318 g/mol. The highest BCUT2D eigenvalue weighted by Gasteiger charge is 2.32. The quantitative estimate of drug-likeness (QED) is 0.925. The standard InChI is InChI=1S/C19H23N3O3/c1-12-4-5-13(9-16(12)23)10-17(24)22-8-2-3-15(11-22)18-20-19(25-21-18)14-6-7-14/h4-5,9,14-15,23H,2-3,6-8,10-11H2,1H3. The molecule has 0 radical (unpaired) electrons. The summed E-state index contributed by atoms with van der Waals surface area (Å²) in [6.45, 7) is 3.25. The Labute approximate surface area is 146 Å². The van der Waals surface area contributed by atoms with Gasteiger partial charge in [-0.1, -0.05) is 17.3 Å². The van der Waals surface area contributed by atoms with Crippen LogP contribution in [0.3, 0.4) is 0 Å². The lowest BCUT2D eigenvalue weighted by Gasteiger charge is -2.31. The molecule has 4 rings (SSSR count). The van der Waals surface area contributed by atoms with Gasteiger partial charge >= 0.3 is 0 Å². The lowest BCUT2D eigenvalue weighted by molar-refractivity contribution is -0.131. The predicted octanol–water partition coefficient (Wildman–Crippen LogP) is 2.91. The van der Waals surface area contributed by atoms with Gasteiger partial charge in [-0.2, -0.15) is 4.98 Å². The first-order valence-electron chi connectivity index (χ1n) is 9.00. The van der Waals surface area contributed by atoms with Gasteiger partial charge < -0.3 is 14.5 Å². The van der Waals surface area contributed by atoms with E-state index in [9.17, 15) is 9.90 Å². The van der Waals surface area contributed by atoms with Crippen molar-refractivity contribution in [2.45, 2.75) is 50.9 Å². The molecule has 132 valence electrons. The zero-order valence-corrected chi connectivity index (χ0v) is 14.4. The van der Waals surface area contributed by atoms with Crippen LogP contribution in [-0.2, 0) is 11.2 Å². The Balaban J connectivity index is 1.41. The number of carbonyl (C=O) groups excluding carboxylic acids is 1. The number of hydrogen-bond donors (Lipinski definition) is 1. The Morgan fingerprint density at radius 2 is 2.16 bits per heavy atom. The van der Waals surface area contributed by atoms with E-state index in [-0.39, 0.29) is 17.6 Å². The van der Waals surface area contributed by atoms with Crippen molar-refractivity contribution in [2.24, 2.45) is 0 Å². The molecule has 1 unspecified atom stereocenters. The van der Waals surface area contributed by atoms with Gasteiger partial charge in [0.25, 0.3) is 0 Å². The number of benzene rings is 1. The molecule has 1 aliphatic carbocycles. The second-order valence-corrected chi connectivity index (χ2v) is 7.24. The fraction of sp³-hybridized carbons (Fsp3) is 0.526. The second-order valence-electron chi connectivity index (χ2n) is 7.24. The lowest BCUT2D eigenvalue weighted by atomic mass is 9.96. The van der Waals surface area contributed by atoms with Crippen LogP contribution in [-0.4, -0.2) is 39.1 Å². The first-order chi connectivity index (χ1) is 12.1. The molecular formula is C19H23N3O3. The molecule has 1 aromatic heterocycles. The number of phenols is 1. The number of phenolic OH excluding ortho intramolecular Hbond substituents is 1. The third-order valence-electron chi connectivity index (χ3n) is 5.15. The van der Waals surface area contributed by atoms with Gasteiger partial charge in [0.1, 0.15) is 5.75 Å². The second kappa shape index (κ2) is 6.50. The van der Waals surface area contributed by atoms with Crippen LogP contribution in [0.2, 0.25) is 0 Å². The minimum absolute atomic E-state index is 0.0823. The predicted molar refractivity (Wildman–Crippen MR) is 91.4 cm³/mol. The normalized spacial score (nSPS) is 20.7. The van der Waals surface area contributed by atoms with Crippen molar-refractivity contribution in [1.82, 2.24) is 15.0 Å². The number of likely N-dealkylation sites (tertiary alicyclic amines) is 1. The maximum atomic E-state index is 12.6. The Hall–Kier alpha value is -2.37. The van der Waals surface area contributed by atoms with Crippen molar-refractivity contribution in [2.75, 3.05) is 13.1 Å². The van der Waals surface area contributed by atoms with Crippen LogP contribution in [0.1, 0.15) is 60.4 Å². The molecule has 1 amide bonds. The van der Waals surface area contributed by atoms with E-state index < -0.39 is 0 Å². The number of amides is 1. The fourth-order valence-corrected chi connectivity index (χ4v) is 3.37. The summed E-state index contributed by atoms with van der Waals surface area (Å²) in [7, 11) is 0. The minimum Gasteiger partial charge on any atom is -0.508 e. The monoisotopic (exact) mass is 341 g/mol. The van der Waals surface area contributed by atoms with Gasteiger partial charge in [-0.25, -0.2) is 0 Å². The van der Waals surface area contributed by atoms with Crippen LogP contribution in [0.4, 0.5) is 0 Å². The molecule has 6 heteroatoms. The van der Waals surface area contributed by atoms with Crippen LogP contribution in [0.25, 0.3) is 0 Å². The van der Waals surface area contributed by atoms with E-state index in [1.807, 2.05) is 24.0 Å². The molecule has 0 spiro atoms. The van der Waals surface area contributed by atoms with Crippen molar-refractivity contribution in [3.63, 3.8) is 0 Å². The molecule has 1 atom stereocenters. The molecule has 2 heterocycles. The molecule has 0 bridgehead atoms. The van der Waals surface area contributed by atoms with E-state index in [1.165, 1.54) is 0 Å². The van der Waals surface area contributed by atoms with E-state index >= 15 is 0 Å². The number of hydrogen-bond acceptors (Lipinski definition) is 5. The zero-order chi connectivity index (χ0) is 17.4. The SMILES string of the molecule is Cc1ccc(CC(=O)N2CCCC(c3noc(C4CC4)n3)C2)cc1O. The average Bonchev–Trinajstić information content (AvgIpc) is 3.35. The number of rotatable bonds is 4. The van der Waals surface area contributed by atoms with Gasteiger partial charge in [-0.3, -0.25) is 4.79 Å². The van der Waals surface area contributed by atoms with Crippen LogP contribution in [0.15, 0.2) is 22.7 Å². The van der Waals surface area contributed by atoms with Gasteiger partial charge in [-0.15, -0.1) is 0 Å². The summed E-state index contributed by atoms with van der Waals surface area (Å²) in [6.07, 6.45) is 4.52. The molecule has 1 saturated heterocycles. The molecule has 1 aliphatic heterocycles. The maximum absolute atomic E-state index is 12.6. The fourth-order valence-electron chi connectivity index (χ4n) is 3.37. The van der Waals surface area contributed by atoms with E-state index in [2.05, 4.69) is 10.1 Å². The number of aryl methyl sites for hydroxylation is 1. The number of piperidine rings is 1. The van der Waals surface area contributed by atoms with Crippen molar-refractivity contribution in [1.29, 1.82) is 0 Å². The van der Waals surface area contributed by atoms with E-state index in [0.717, 1.165) is 55.1 Å². The highest BCUT2D eigenvalue weighted by molar-refractivity contribution is 5.79. The summed E-state index contributed by atoms with van der Waals surface area (Å²) >= 11 is 0. The van der Waals surface area contributed by atoms with Crippen molar-refractivity contribution >= 4 is 5.91 Å². The van der Waals surface area contributed by atoms with Crippen LogP contribution >= 0.6 is 0 Å². The highest BCUT2D eigenvalue weighted by atomic mass is 16.5. The first-order valence-corrected chi connectivity index (χ1v) is 9.00. The summed E-state index contributed by atoms with van der Waals surface area (Å²) < 4.78 is 5.37. The van der Waals surface area contributed by atoms with Crippen LogP contribution in [0, 0.1) is 6.92 Å².